The van der Waals surface area contributed by atoms with E-state index in [9.17, 15) is 0 Å². The van der Waals surface area contributed by atoms with Crippen molar-refractivity contribution in [2.24, 2.45) is 0 Å². The summed E-state index contributed by atoms with van der Waals surface area (Å²) in [6, 6.07) is 9.95. The fourth-order valence-electron chi connectivity index (χ4n) is 2.24. The van der Waals surface area contributed by atoms with Gasteiger partial charge in [-0.25, -0.2) is 0 Å². The maximum atomic E-state index is 3.38. The summed E-state index contributed by atoms with van der Waals surface area (Å²) < 4.78 is 0. The summed E-state index contributed by atoms with van der Waals surface area (Å²) in [5, 5.41) is 0. The van der Waals surface area contributed by atoms with E-state index in [1.54, 1.807) is 0 Å². The molecule has 1 fully saturated rings. The number of piperidine rings is 1. The molecule has 0 spiro atoms. The maximum Gasteiger partial charge on any atom is 2.00 e. The van der Waals surface area contributed by atoms with Crippen molar-refractivity contribution < 1.29 is 17.0 Å². The topological polar surface area (TPSA) is 3.24 Å². The Kier molecular flexibility index (Phi) is 7.87. The van der Waals surface area contributed by atoms with Crippen LogP contribution in [0.4, 0.5) is 5.69 Å². The first-order valence-electron chi connectivity index (χ1n) is 6.34. The predicted molar refractivity (Wildman–Crippen MR) is 75.8 cm³/mol. The molecule has 1 heterocycles. The van der Waals surface area contributed by atoms with E-state index in [0.717, 1.165) is 0 Å². The van der Waals surface area contributed by atoms with E-state index in [-0.39, 0.29) is 45.4 Å². The smallest absolute Gasteiger partial charge is 1.00 e. The SMILES string of the molecule is CC(C)(C)c1cc[c-]c(N2CCCCC2)c1.[Br-].[Mg+2]. The second-order valence-corrected chi connectivity index (χ2v) is 5.76. The van der Waals surface area contributed by atoms with E-state index in [4.69, 9.17) is 0 Å². The van der Waals surface area contributed by atoms with Crippen molar-refractivity contribution in [2.45, 2.75) is 45.4 Å². The molecule has 1 aliphatic rings. The second kappa shape index (κ2) is 7.76. The van der Waals surface area contributed by atoms with Crippen LogP contribution in [0.1, 0.15) is 45.6 Å². The Morgan fingerprint density at radius 2 is 1.72 bits per heavy atom. The van der Waals surface area contributed by atoms with Crippen molar-refractivity contribution in [1.29, 1.82) is 0 Å². The Hall–Kier alpha value is 0.266. The zero-order valence-corrected chi connectivity index (χ0v) is 14.8. The number of hydrogen-bond acceptors (Lipinski definition) is 1. The van der Waals surface area contributed by atoms with Crippen LogP contribution in [0.2, 0.25) is 0 Å². The first-order chi connectivity index (χ1) is 7.57. The standard InChI is InChI=1S/C15H22N.BrH.Mg/c1-15(2,3)13-8-7-9-14(12-13)16-10-5-4-6-11-16;;/h7-8,12H,4-6,10-11H2,1-3H3;1H;/q-1;;+2/p-1. The molecule has 1 nitrogen and oxygen atoms in total. The number of nitrogens with zero attached hydrogens (tertiary/aromatic N) is 1. The second-order valence-electron chi connectivity index (χ2n) is 5.76. The molecule has 0 N–H and O–H groups in total. The van der Waals surface area contributed by atoms with Gasteiger partial charge in [0, 0.05) is 13.1 Å². The minimum Gasteiger partial charge on any atom is -1.00 e. The Morgan fingerprint density at radius 3 is 2.28 bits per heavy atom. The normalized spacial score (nSPS) is 15.6. The van der Waals surface area contributed by atoms with Gasteiger partial charge in [0.2, 0.25) is 0 Å². The third kappa shape index (κ3) is 4.74. The van der Waals surface area contributed by atoms with Crippen molar-refractivity contribution in [2.75, 3.05) is 18.0 Å². The number of benzene rings is 1. The van der Waals surface area contributed by atoms with E-state index < -0.39 is 0 Å². The van der Waals surface area contributed by atoms with Gasteiger partial charge in [-0.2, -0.15) is 23.8 Å². The van der Waals surface area contributed by atoms with E-state index in [2.05, 4.69) is 49.9 Å². The summed E-state index contributed by atoms with van der Waals surface area (Å²) in [6.45, 7) is 9.20. The van der Waals surface area contributed by atoms with Crippen molar-refractivity contribution in [3.63, 3.8) is 0 Å². The van der Waals surface area contributed by atoms with Gasteiger partial charge in [0.25, 0.3) is 0 Å². The van der Waals surface area contributed by atoms with Crippen LogP contribution >= 0.6 is 0 Å². The van der Waals surface area contributed by atoms with Gasteiger partial charge in [0.1, 0.15) is 0 Å². The molecule has 0 atom stereocenters. The van der Waals surface area contributed by atoms with Gasteiger partial charge in [-0.05, 0) is 24.7 Å². The van der Waals surface area contributed by atoms with Crippen LogP contribution in [0.25, 0.3) is 0 Å². The van der Waals surface area contributed by atoms with Gasteiger partial charge in [0.05, 0.1) is 0 Å². The number of rotatable bonds is 1. The third-order valence-corrected chi connectivity index (χ3v) is 3.35. The zero-order valence-electron chi connectivity index (χ0n) is 11.8. The van der Waals surface area contributed by atoms with E-state index >= 15 is 0 Å². The van der Waals surface area contributed by atoms with Gasteiger partial charge in [0.15, 0.2) is 0 Å². The summed E-state index contributed by atoms with van der Waals surface area (Å²) in [4.78, 5) is 2.47. The average Bonchev–Trinajstić information content (AvgIpc) is 2.29. The molecule has 2 rings (SSSR count). The summed E-state index contributed by atoms with van der Waals surface area (Å²) in [7, 11) is 0. The summed E-state index contributed by atoms with van der Waals surface area (Å²) in [5.41, 5.74) is 2.93. The molecule has 0 aliphatic carbocycles. The molecule has 0 amide bonds. The van der Waals surface area contributed by atoms with Crippen LogP contribution in [0.5, 0.6) is 0 Å². The molecule has 0 unspecified atom stereocenters. The molecule has 96 valence electrons. The number of hydrogen-bond donors (Lipinski definition) is 0. The first-order valence-corrected chi connectivity index (χ1v) is 6.34. The van der Waals surface area contributed by atoms with Crippen LogP contribution < -0.4 is 21.9 Å². The number of halogens is 1. The molecule has 3 heteroatoms. The Morgan fingerprint density at radius 1 is 1.11 bits per heavy atom. The van der Waals surface area contributed by atoms with Crippen molar-refractivity contribution in [3.05, 3.63) is 29.8 Å². The largest absolute Gasteiger partial charge is 2.00 e. The van der Waals surface area contributed by atoms with Gasteiger partial charge in [-0.3, -0.25) is 0 Å². The zero-order chi connectivity index (χ0) is 11.6. The van der Waals surface area contributed by atoms with E-state index in [1.165, 1.54) is 43.6 Å². The van der Waals surface area contributed by atoms with Crippen molar-refractivity contribution in [3.8, 4) is 0 Å². The third-order valence-electron chi connectivity index (χ3n) is 3.35. The molecular formula is C15H22BrMgN. The minimum absolute atomic E-state index is 0. The van der Waals surface area contributed by atoms with Crippen LogP contribution in [0, 0.1) is 6.07 Å². The Bertz CT molecular complexity index is 354. The van der Waals surface area contributed by atoms with Crippen LogP contribution in [0.15, 0.2) is 18.2 Å². The molecule has 0 saturated carbocycles. The Labute approximate surface area is 138 Å². The molecule has 1 aromatic carbocycles. The van der Waals surface area contributed by atoms with Crippen LogP contribution in [0.3, 0.4) is 0 Å². The molecule has 0 radical (unpaired) electrons. The van der Waals surface area contributed by atoms with E-state index in [0.29, 0.717) is 0 Å². The van der Waals surface area contributed by atoms with Crippen molar-refractivity contribution in [1.82, 2.24) is 0 Å². The quantitative estimate of drug-likeness (QED) is 0.535. The molecule has 1 aromatic rings. The minimum atomic E-state index is 0. The number of anilines is 1. The van der Waals surface area contributed by atoms with Gasteiger partial charge in [-0.1, -0.05) is 26.5 Å². The summed E-state index contributed by atoms with van der Waals surface area (Å²) >= 11 is 0. The molecule has 18 heavy (non-hydrogen) atoms. The van der Waals surface area contributed by atoms with Gasteiger partial charge >= 0.3 is 23.1 Å². The van der Waals surface area contributed by atoms with Crippen LogP contribution in [-0.4, -0.2) is 36.1 Å². The molecule has 1 saturated heterocycles. The van der Waals surface area contributed by atoms with E-state index in [1.807, 2.05) is 0 Å². The monoisotopic (exact) mass is 319 g/mol. The van der Waals surface area contributed by atoms with Crippen molar-refractivity contribution >= 4 is 28.7 Å². The fraction of sp³-hybridized carbons (Fsp3) is 0.600. The fourth-order valence-corrected chi connectivity index (χ4v) is 2.24. The summed E-state index contributed by atoms with van der Waals surface area (Å²) in [6.07, 6.45) is 4.04. The average molecular weight is 321 g/mol. The summed E-state index contributed by atoms with van der Waals surface area (Å²) in [5.74, 6) is 0. The molecule has 0 bridgehead atoms. The molecule has 0 aromatic heterocycles. The van der Waals surface area contributed by atoms with Crippen LogP contribution in [-0.2, 0) is 5.41 Å². The Balaban J connectivity index is 0.00000144. The first kappa shape index (κ1) is 18.3. The van der Waals surface area contributed by atoms with Gasteiger partial charge < -0.3 is 21.9 Å². The predicted octanol–water partition coefficient (Wildman–Crippen LogP) is 0.398. The molecule has 1 aliphatic heterocycles. The maximum absolute atomic E-state index is 3.38. The molecular weight excluding hydrogens is 298 g/mol. The van der Waals surface area contributed by atoms with Gasteiger partial charge in [-0.15, -0.1) is 6.07 Å².